The van der Waals surface area contributed by atoms with Gasteiger partial charge in [0.25, 0.3) is 5.56 Å². The van der Waals surface area contributed by atoms with Crippen LogP contribution in [0.1, 0.15) is 19.3 Å². The van der Waals surface area contributed by atoms with E-state index < -0.39 is 0 Å². The average Bonchev–Trinajstić information content (AvgIpc) is 2.64. The predicted molar refractivity (Wildman–Crippen MR) is 101 cm³/mol. The Bertz CT molecular complexity index is 834. The number of carbonyl (C=O) groups excluding carboxylic acids is 1. The largest absolute Gasteiger partial charge is 0.497 e. The standard InChI is InChI=1S/C19H24N4O3/c1-22-19(25)11-16(12-20-22)23-8-4-5-14(13-23)9-18(24)21-15-6-3-7-17(10-15)26-2/h3,6-7,10-12,14H,4-5,8-9,13H2,1-2H3,(H,21,24). The summed E-state index contributed by atoms with van der Waals surface area (Å²) in [7, 11) is 3.23. The molecule has 1 amide bonds. The summed E-state index contributed by atoms with van der Waals surface area (Å²) >= 11 is 0. The van der Waals surface area contributed by atoms with E-state index in [1.807, 2.05) is 18.2 Å². The van der Waals surface area contributed by atoms with E-state index in [4.69, 9.17) is 4.74 Å². The first kappa shape index (κ1) is 18.0. The van der Waals surface area contributed by atoms with Crippen LogP contribution in [-0.2, 0) is 11.8 Å². The molecule has 0 radical (unpaired) electrons. The molecule has 26 heavy (non-hydrogen) atoms. The Labute approximate surface area is 152 Å². The molecule has 0 aliphatic carbocycles. The van der Waals surface area contributed by atoms with E-state index in [9.17, 15) is 9.59 Å². The van der Waals surface area contributed by atoms with Crippen LogP contribution in [0.5, 0.6) is 5.75 Å². The number of hydrogen-bond acceptors (Lipinski definition) is 5. The summed E-state index contributed by atoms with van der Waals surface area (Å²) in [5.41, 5.74) is 1.43. The number of hydrogen-bond donors (Lipinski definition) is 1. The highest BCUT2D eigenvalue weighted by Crippen LogP contribution is 2.24. The molecule has 0 saturated carbocycles. The first-order valence-electron chi connectivity index (χ1n) is 8.77. The van der Waals surface area contributed by atoms with Gasteiger partial charge in [-0.1, -0.05) is 6.07 Å². The van der Waals surface area contributed by atoms with Crippen LogP contribution in [0.15, 0.2) is 41.3 Å². The molecule has 0 bridgehead atoms. The number of aryl methyl sites for hydroxylation is 1. The van der Waals surface area contributed by atoms with Gasteiger partial charge in [-0.2, -0.15) is 5.10 Å². The molecule has 1 N–H and O–H groups in total. The van der Waals surface area contributed by atoms with E-state index in [2.05, 4.69) is 15.3 Å². The molecule has 3 rings (SSSR count). The maximum Gasteiger partial charge on any atom is 0.268 e. The molecule has 1 unspecified atom stereocenters. The highest BCUT2D eigenvalue weighted by atomic mass is 16.5. The SMILES string of the molecule is COc1cccc(NC(=O)CC2CCCN(c3cnn(C)c(=O)c3)C2)c1. The minimum atomic E-state index is -0.125. The third-order valence-electron chi connectivity index (χ3n) is 4.67. The number of nitrogens with zero attached hydrogens (tertiary/aromatic N) is 3. The lowest BCUT2D eigenvalue weighted by molar-refractivity contribution is -0.117. The fourth-order valence-corrected chi connectivity index (χ4v) is 3.27. The summed E-state index contributed by atoms with van der Waals surface area (Å²) < 4.78 is 6.49. The number of piperidine rings is 1. The minimum absolute atomic E-state index is 0.00722. The van der Waals surface area contributed by atoms with Crippen molar-refractivity contribution in [1.82, 2.24) is 9.78 Å². The molecule has 1 saturated heterocycles. The molecule has 2 heterocycles. The highest BCUT2D eigenvalue weighted by molar-refractivity contribution is 5.91. The molecule has 1 aromatic heterocycles. The first-order valence-corrected chi connectivity index (χ1v) is 8.77. The number of nitrogens with one attached hydrogen (secondary N) is 1. The normalized spacial score (nSPS) is 17.0. The van der Waals surface area contributed by atoms with Crippen molar-refractivity contribution in [3.8, 4) is 5.75 Å². The van der Waals surface area contributed by atoms with Gasteiger partial charge in [0.2, 0.25) is 5.91 Å². The van der Waals surface area contributed by atoms with Gasteiger partial charge in [0, 0.05) is 44.4 Å². The van der Waals surface area contributed by atoms with Crippen molar-refractivity contribution in [3.63, 3.8) is 0 Å². The van der Waals surface area contributed by atoms with Crippen molar-refractivity contribution < 1.29 is 9.53 Å². The van der Waals surface area contributed by atoms with Crippen molar-refractivity contribution in [2.75, 3.05) is 30.4 Å². The maximum atomic E-state index is 12.4. The van der Waals surface area contributed by atoms with Crippen LogP contribution >= 0.6 is 0 Å². The number of amides is 1. The van der Waals surface area contributed by atoms with Crippen molar-refractivity contribution in [2.24, 2.45) is 13.0 Å². The number of methoxy groups -OCH3 is 1. The lowest BCUT2D eigenvalue weighted by Gasteiger charge is -2.33. The molecule has 1 aliphatic heterocycles. The van der Waals surface area contributed by atoms with Crippen molar-refractivity contribution in [3.05, 3.63) is 46.9 Å². The predicted octanol–water partition coefficient (Wildman–Crippen LogP) is 2.03. The second kappa shape index (κ2) is 8.03. The molecular weight excluding hydrogens is 332 g/mol. The summed E-state index contributed by atoms with van der Waals surface area (Å²) in [5.74, 6) is 0.954. The summed E-state index contributed by atoms with van der Waals surface area (Å²) in [4.78, 5) is 26.3. The third-order valence-corrected chi connectivity index (χ3v) is 4.67. The molecule has 0 spiro atoms. The van der Waals surface area contributed by atoms with Crippen molar-refractivity contribution in [2.45, 2.75) is 19.3 Å². The third kappa shape index (κ3) is 4.41. The highest BCUT2D eigenvalue weighted by Gasteiger charge is 2.23. The van der Waals surface area contributed by atoms with E-state index >= 15 is 0 Å². The Morgan fingerprint density at radius 3 is 3.00 bits per heavy atom. The first-order chi connectivity index (χ1) is 12.5. The number of carbonyl (C=O) groups is 1. The van der Waals surface area contributed by atoms with Gasteiger partial charge in [0.05, 0.1) is 19.0 Å². The Morgan fingerprint density at radius 1 is 1.38 bits per heavy atom. The average molecular weight is 356 g/mol. The molecule has 1 fully saturated rings. The number of ether oxygens (including phenoxy) is 1. The maximum absolute atomic E-state index is 12.4. The molecule has 7 nitrogen and oxygen atoms in total. The van der Waals surface area contributed by atoms with E-state index in [0.29, 0.717) is 12.2 Å². The summed E-state index contributed by atoms with van der Waals surface area (Å²) in [6.07, 6.45) is 4.15. The van der Waals surface area contributed by atoms with Crippen LogP contribution in [0.3, 0.4) is 0 Å². The van der Waals surface area contributed by atoms with Gasteiger partial charge in [-0.05, 0) is 30.9 Å². The Morgan fingerprint density at radius 2 is 2.23 bits per heavy atom. The topological polar surface area (TPSA) is 76.5 Å². The second-order valence-corrected chi connectivity index (χ2v) is 6.61. The Kier molecular flexibility index (Phi) is 5.55. The van der Waals surface area contributed by atoms with Gasteiger partial charge in [0.1, 0.15) is 5.75 Å². The van der Waals surface area contributed by atoms with Gasteiger partial charge < -0.3 is 15.0 Å². The second-order valence-electron chi connectivity index (χ2n) is 6.61. The monoisotopic (exact) mass is 356 g/mol. The smallest absolute Gasteiger partial charge is 0.268 e. The van der Waals surface area contributed by atoms with E-state index in [1.165, 1.54) is 4.68 Å². The fourth-order valence-electron chi connectivity index (χ4n) is 3.27. The molecule has 1 aromatic carbocycles. The minimum Gasteiger partial charge on any atom is -0.497 e. The molecule has 1 atom stereocenters. The van der Waals surface area contributed by atoms with Gasteiger partial charge in [-0.25, -0.2) is 4.68 Å². The van der Waals surface area contributed by atoms with Gasteiger partial charge in [-0.3, -0.25) is 9.59 Å². The van der Waals surface area contributed by atoms with Crippen LogP contribution in [-0.4, -0.2) is 35.9 Å². The zero-order valence-electron chi connectivity index (χ0n) is 15.1. The summed E-state index contributed by atoms with van der Waals surface area (Å²) in [6.45, 7) is 1.63. The van der Waals surface area contributed by atoms with Crippen LogP contribution in [0.25, 0.3) is 0 Å². The van der Waals surface area contributed by atoms with Crippen molar-refractivity contribution >= 4 is 17.3 Å². The Hall–Kier alpha value is -2.83. The summed E-state index contributed by atoms with van der Waals surface area (Å²) in [5, 5.41) is 7.02. The lowest BCUT2D eigenvalue weighted by Crippen LogP contribution is -2.37. The molecular formula is C19H24N4O3. The van der Waals surface area contributed by atoms with E-state index in [1.54, 1.807) is 32.5 Å². The zero-order valence-corrected chi connectivity index (χ0v) is 15.1. The van der Waals surface area contributed by atoms with Gasteiger partial charge in [0.15, 0.2) is 0 Å². The number of rotatable bonds is 5. The zero-order chi connectivity index (χ0) is 18.5. The number of benzene rings is 1. The van der Waals surface area contributed by atoms with Crippen LogP contribution < -0.4 is 20.5 Å². The molecule has 2 aromatic rings. The number of aromatic nitrogens is 2. The quantitative estimate of drug-likeness (QED) is 0.887. The Balaban J connectivity index is 1.59. The van der Waals surface area contributed by atoms with Crippen LogP contribution in [0, 0.1) is 5.92 Å². The van der Waals surface area contributed by atoms with Crippen molar-refractivity contribution in [1.29, 1.82) is 0 Å². The molecule has 138 valence electrons. The van der Waals surface area contributed by atoms with E-state index in [-0.39, 0.29) is 17.4 Å². The number of anilines is 2. The molecule has 7 heteroatoms. The van der Waals surface area contributed by atoms with E-state index in [0.717, 1.165) is 37.3 Å². The lowest BCUT2D eigenvalue weighted by atomic mass is 9.94. The van der Waals surface area contributed by atoms with Crippen LogP contribution in [0.2, 0.25) is 0 Å². The fraction of sp³-hybridized carbons (Fsp3) is 0.421. The van der Waals surface area contributed by atoms with Gasteiger partial charge in [-0.15, -0.1) is 0 Å². The molecule has 1 aliphatic rings. The van der Waals surface area contributed by atoms with Gasteiger partial charge >= 0.3 is 0 Å². The van der Waals surface area contributed by atoms with Crippen LogP contribution in [0.4, 0.5) is 11.4 Å². The summed E-state index contributed by atoms with van der Waals surface area (Å²) in [6, 6.07) is 8.94.